The zero-order valence-electron chi connectivity index (χ0n) is 27.6. The number of hydrogen-bond acceptors (Lipinski definition) is 6. The number of nitrogens with zero attached hydrogens (tertiary/aromatic N) is 5. The third-order valence-corrected chi connectivity index (χ3v) is 12.0. The predicted molar refractivity (Wildman–Crippen MR) is 176 cm³/mol. The molecule has 5 saturated carbocycles. The van der Waals surface area contributed by atoms with E-state index in [4.69, 9.17) is 20.4 Å². The lowest BCUT2D eigenvalue weighted by Gasteiger charge is -2.64. The maximum Gasteiger partial charge on any atom is 0.254 e. The van der Waals surface area contributed by atoms with Gasteiger partial charge in [0.2, 0.25) is 5.91 Å². The number of hydrogen-bond donors (Lipinski definition) is 2. The fraction of sp³-hybridized carbons (Fsp3) is 0.556. The van der Waals surface area contributed by atoms with E-state index < -0.39 is 22.8 Å². The van der Waals surface area contributed by atoms with Gasteiger partial charge in [-0.15, -0.1) is 0 Å². The Hall–Kier alpha value is -4.06. The number of halogens is 2. The standard InChI is InChI=1S/C36H41F2N7O3/c1-19(40-33(47)34-15-36(38,16-34)17-34)25-7-5-21-12-27(45(30(21)41-25)18-35(37)8-9-35)31-42-26-11-22(13-28(48-3)29(26)43(31)2)32(46)44-14-24(39)20-4-6-23(44)10-20/h5,7,11-13,19-20,23-24H,4,6,8-10,14-18,39H2,1-3H3,(H,40,47)/t19-,20+,23-,24+,34?,36?/m1/s1. The number of nitrogens with one attached hydrogen (secondary N) is 1. The number of alkyl halides is 2. The average molecular weight is 658 g/mol. The number of carbonyl (C=O) groups excluding carboxylic acids is 2. The minimum Gasteiger partial charge on any atom is -0.494 e. The van der Waals surface area contributed by atoms with E-state index in [9.17, 15) is 14.0 Å². The fourth-order valence-electron chi connectivity index (χ4n) is 9.06. The molecule has 4 bridgehead atoms. The number of benzene rings is 1. The van der Waals surface area contributed by atoms with Crippen molar-refractivity contribution in [3.63, 3.8) is 0 Å². The molecular formula is C36H41F2N7O3. The lowest BCUT2D eigenvalue weighted by molar-refractivity contribution is -0.214. The summed E-state index contributed by atoms with van der Waals surface area (Å²) < 4.78 is 39.3. The van der Waals surface area contributed by atoms with Crippen LogP contribution in [0.15, 0.2) is 30.3 Å². The molecule has 12 heteroatoms. The molecule has 3 aromatic heterocycles. The van der Waals surface area contributed by atoms with Crippen molar-refractivity contribution in [2.45, 2.75) is 94.3 Å². The Kier molecular flexibility index (Phi) is 6.25. The molecular weight excluding hydrogens is 616 g/mol. The monoisotopic (exact) mass is 657 g/mol. The van der Waals surface area contributed by atoms with Gasteiger partial charge in [0.25, 0.3) is 5.91 Å². The Labute approximate surface area is 277 Å². The molecule has 0 spiro atoms. The number of rotatable bonds is 8. The third kappa shape index (κ3) is 4.43. The molecule has 5 aliphatic carbocycles. The van der Waals surface area contributed by atoms with Crippen LogP contribution in [0.25, 0.3) is 33.6 Å². The van der Waals surface area contributed by atoms with Crippen LogP contribution in [0.1, 0.15) is 80.4 Å². The minimum absolute atomic E-state index is 0.0165. The highest BCUT2D eigenvalue weighted by atomic mass is 19.1. The number of ether oxygens (including phenoxy) is 1. The molecule has 10 nitrogen and oxygen atoms in total. The fourth-order valence-corrected chi connectivity index (χ4v) is 9.06. The van der Waals surface area contributed by atoms with Gasteiger partial charge in [-0.05, 0) is 94.5 Å². The molecule has 4 atom stereocenters. The normalized spacial score (nSPS) is 30.2. The summed E-state index contributed by atoms with van der Waals surface area (Å²) in [5.41, 5.74) is 7.15. The molecule has 1 saturated heterocycles. The van der Waals surface area contributed by atoms with Crippen molar-refractivity contribution < 1.29 is 23.1 Å². The van der Waals surface area contributed by atoms with Crippen LogP contribution in [0.5, 0.6) is 5.75 Å². The summed E-state index contributed by atoms with van der Waals surface area (Å²) in [6.07, 6.45) is 4.80. The first-order valence-corrected chi connectivity index (χ1v) is 17.2. The van der Waals surface area contributed by atoms with Crippen molar-refractivity contribution in [3.8, 4) is 17.3 Å². The van der Waals surface area contributed by atoms with Crippen molar-refractivity contribution in [3.05, 3.63) is 41.6 Å². The Bertz CT molecular complexity index is 2010. The van der Waals surface area contributed by atoms with Gasteiger partial charge in [0.1, 0.15) is 28.3 Å². The first kappa shape index (κ1) is 30.0. The van der Waals surface area contributed by atoms with Crippen molar-refractivity contribution in [1.82, 2.24) is 29.3 Å². The SMILES string of the molecule is COc1cc(C(=O)N2C[C@H](N)[C@H]3CC[C@@H]2C3)cc2nc(-c3cc4ccc([C@@H](C)NC(=O)C56CC(F)(C5)C6)nc4n3CC3(F)CC3)n(C)c12. The second-order valence-electron chi connectivity index (χ2n) is 15.5. The van der Waals surface area contributed by atoms with E-state index in [1.54, 1.807) is 13.2 Å². The average Bonchev–Trinajstić information content (AvgIpc) is 3.33. The number of methoxy groups -OCH3 is 1. The van der Waals surface area contributed by atoms with Crippen molar-refractivity contribution >= 4 is 33.9 Å². The van der Waals surface area contributed by atoms with Crippen LogP contribution in [-0.2, 0) is 18.4 Å². The van der Waals surface area contributed by atoms with Crippen LogP contribution >= 0.6 is 0 Å². The zero-order valence-corrected chi connectivity index (χ0v) is 27.6. The molecule has 4 aromatic rings. The first-order chi connectivity index (χ1) is 22.9. The largest absolute Gasteiger partial charge is 0.494 e. The number of amides is 2. The van der Waals surface area contributed by atoms with Crippen LogP contribution < -0.4 is 15.8 Å². The number of pyridine rings is 1. The van der Waals surface area contributed by atoms with Crippen LogP contribution in [-0.4, -0.2) is 72.9 Å². The van der Waals surface area contributed by atoms with Gasteiger partial charge in [-0.1, -0.05) is 0 Å². The number of aromatic nitrogens is 4. The van der Waals surface area contributed by atoms with E-state index in [0.717, 1.165) is 30.2 Å². The summed E-state index contributed by atoms with van der Waals surface area (Å²) in [6, 6.07) is 9.16. The Morgan fingerprint density at radius 1 is 1.12 bits per heavy atom. The minimum atomic E-state index is -1.33. The highest BCUT2D eigenvalue weighted by Crippen LogP contribution is 2.69. The van der Waals surface area contributed by atoms with Crippen molar-refractivity contribution in [1.29, 1.82) is 0 Å². The number of piperidine rings is 1. The zero-order chi connectivity index (χ0) is 33.3. The van der Waals surface area contributed by atoms with Crippen molar-refractivity contribution in [2.75, 3.05) is 13.7 Å². The number of imidazole rings is 1. The van der Waals surface area contributed by atoms with Crippen LogP contribution in [0, 0.1) is 11.3 Å². The third-order valence-electron chi connectivity index (χ3n) is 12.0. The summed E-state index contributed by atoms with van der Waals surface area (Å²) in [4.78, 5) is 38.8. The Balaban J connectivity index is 1.09. The van der Waals surface area contributed by atoms with Crippen LogP contribution in [0.3, 0.4) is 0 Å². The van der Waals surface area contributed by atoms with Crippen molar-refractivity contribution in [2.24, 2.45) is 24.1 Å². The molecule has 0 radical (unpaired) electrons. The Morgan fingerprint density at radius 2 is 1.90 bits per heavy atom. The molecule has 252 valence electrons. The highest BCUT2D eigenvalue weighted by Gasteiger charge is 2.72. The summed E-state index contributed by atoms with van der Waals surface area (Å²) >= 11 is 0. The quantitative estimate of drug-likeness (QED) is 0.272. The van der Waals surface area contributed by atoms with E-state index in [-0.39, 0.29) is 30.4 Å². The van der Waals surface area contributed by atoms with Gasteiger partial charge in [-0.2, -0.15) is 0 Å². The maximum atomic E-state index is 15.5. The van der Waals surface area contributed by atoms with Gasteiger partial charge < -0.3 is 29.8 Å². The Morgan fingerprint density at radius 3 is 2.60 bits per heavy atom. The molecule has 0 unspecified atom stereocenters. The molecule has 4 heterocycles. The molecule has 1 aliphatic heterocycles. The van der Waals surface area contributed by atoms with E-state index in [1.807, 2.05) is 52.3 Å². The first-order valence-electron chi connectivity index (χ1n) is 17.2. The van der Waals surface area contributed by atoms with Gasteiger partial charge in [0.05, 0.1) is 42.0 Å². The van der Waals surface area contributed by atoms with Gasteiger partial charge in [-0.3, -0.25) is 9.59 Å². The summed E-state index contributed by atoms with van der Waals surface area (Å²) in [5, 5.41) is 3.87. The van der Waals surface area contributed by atoms with E-state index in [2.05, 4.69) is 5.32 Å². The van der Waals surface area contributed by atoms with Gasteiger partial charge in [0, 0.05) is 36.6 Å². The molecule has 3 N–H and O–H groups in total. The molecule has 2 amide bonds. The smallest absolute Gasteiger partial charge is 0.254 e. The van der Waals surface area contributed by atoms with Crippen LogP contribution in [0.4, 0.5) is 8.78 Å². The molecule has 48 heavy (non-hydrogen) atoms. The number of likely N-dealkylation sites (tertiary alicyclic amines) is 1. The van der Waals surface area contributed by atoms with Gasteiger partial charge >= 0.3 is 0 Å². The second kappa shape index (κ2) is 9.99. The van der Waals surface area contributed by atoms with E-state index in [1.165, 1.54) is 0 Å². The second-order valence-corrected chi connectivity index (χ2v) is 15.5. The maximum absolute atomic E-state index is 15.5. The molecule has 10 rings (SSSR count). The summed E-state index contributed by atoms with van der Waals surface area (Å²) in [7, 11) is 3.48. The topological polar surface area (TPSA) is 120 Å². The lowest BCUT2D eigenvalue weighted by Crippen LogP contribution is -2.70. The van der Waals surface area contributed by atoms with Gasteiger partial charge in [-0.25, -0.2) is 18.7 Å². The van der Waals surface area contributed by atoms with Gasteiger partial charge in [0.15, 0.2) is 5.82 Å². The van der Waals surface area contributed by atoms with E-state index in [0.29, 0.717) is 84.3 Å². The number of nitrogens with two attached hydrogens (primary N) is 1. The number of aryl methyl sites for hydroxylation is 1. The summed E-state index contributed by atoms with van der Waals surface area (Å²) in [6.45, 7) is 2.53. The van der Waals surface area contributed by atoms with Crippen LogP contribution in [0.2, 0.25) is 0 Å². The predicted octanol–water partition coefficient (Wildman–Crippen LogP) is 5.12. The van der Waals surface area contributed by atoms with E-state index >= 15 is 4.39 Å². The molecule has 6 aliphatic rings. The lowest BCUT2D eigenvalue weighted by atomic mass is 9.42. The summed E-state index contributed by atoms with van der Waals surface area (Å²) in [5.74, 6) is 1.41. The number of fused-ring (bicyclic) bond motifs is 4. The molecule has 6 fully saturated rings. The number of carbonyl (C=O) groups is 2. The molecule has 1 aromatic carbocycles. The highest BCUT2D eigenvalue weighted by molar-refractivity contribution is 6.00.